The van der Waals surface area contributed by atoms with Gasteiger partial charge < -0.3 is 10.9 Å². The van der Waals surface area contributed by atoms with Crippen molar-refractivity contribution in [1.82, 2.24) is 9.78 Å². The zero-order valence-corrected chi connectivity index (χ0v) is 9.48. The summed E-state index contributed by atoms with van der Waals surface area (Å²) in [6.07, 6.45) is -1.08. The molecule has 1 aliphatic carbocycles. The Hall–Kier alpha value is -1.73. The molecule has 5 nitrogen and oxygen atoms in total. The van der Waals surface area contributed by atoms with E-state index in [1.165, 1.54) is 10.9 Å². The molecule has 0 atom stereocenters. The molecule has 0 radical (unpaired) electrons. The van der Waals surface area contributed by atoms with Crippen molar-refractivity contribution in [2.75, 3.05) is 0 Å². The van der Waals surface area contributed by atoms with E-state index in [0.717, 1.165) is 18.9 Å². The average Bonchev–Trinajstić information content (AvgIpc) is 2.84. The van der Waals surface area contributed by atoms with Crippen molar-refractivity contribution < 1.29 is 18.4 Å². The van der Waals surface area contributed by atoms with Gasteiger partial charge in [-0.15, -0.1) is 0 Å². The Morgan fingerprint density at radius 1 is 1.56 bits per heavy atom. The Balaban J connectivity index is 2.04. The van der Waals surface area contributed by atoms with Gasteiger partial charge in [-0.05, 0) is 24.3 Å². The molecule has 2 rings (SSSR count). The van der Waals surface area contributed by atoms with Crippen LogP contribution in [-0.2, 0) is 12.7 Å². The Morgan fingerprint density at radius 2 is 2.22 bits per heavy atom. The standard InChI is InChI=1S/C10H13F3N4O/c11-10(12,13)7-1-4-17(15-7)6-9(2-3-9)5-8(14)16-18/h1,4,18H,2-3,5-6H2,(H2,14,16). The molecule has 0 aromatic carbocycles. The number of oxime groups is 1. The smallest absolute Gasteiger partial charge is 0.409 e. The van der Waals surface area contributed by atoms with E-state index in [0.29, 0.717) is 13.0 Å². The third-order valence-electron chi connectivity index (χ3n) is 3.07. The quantitative estimate of drug-likeness (QED) is 0.376. The molecule has 0 saturated heterocycles. The zero-order chi connectivity index (χ0) is 13.4. The number of alkyl halides is 3. The first-order valence-electron chi connectivity index (χ1n) is 5.42. The molecular weight excluding hydrogens is 249 g/mol. The first-order chi connectivity index (χ1) is 8.35. The molecule has 1 fully saturated rings. The van der Waals surface area contributed by atoms with Crippen molar-refractivity contribution in [1.29, 1.82) is 0 Å². The third-order valence-corrected chi connectivity index (χ3v) is 3.07. The molecule has 8 heteroatoms. The fraction of sp³-hybridized carbons (Fsp3) is 0.600. The van der Waals surface area contributed by atoms with Crippen LogP contribution in [0.15, 0.2) is 17.4 Å². The fourth-order valence-corrected chi connectivity index (χ4v) is 1.93. The van der Waals surface area contributed by atoms with Crippen LogP contribution in [0.1, 0.15) is 25.0 Å². The van der Waals surface area contributed by atoms with Crippen LogP contribution in [-0.4, -0.2) is 20.8 Å². The van der Waals surface area contributed by atoms with Gasteiger partial charge in [-0.25, -0.2) is 0 Å². The Labute approximate surface area is 101 Å². The maximum absolute atomic E-state index is 12.4. The number of rotatable bonds is 4. The van der Waals surface area contributed by atoms with Crippen LogP contribution in [0.3, 0.4) is 0 Å². The topological polar surface area (TPSA) is 76.4 Å². The van der Waals surface area contributed by atoms with E-state index in [1.54, 1.807) is 0 Å². The van der Waals surface area contributed by atoms with Crippen LogP contribution in [0.2, 0.25) is 0 Å². The molecule has 18 heavy (non-hydrogen) atoms. The molecule has 0 amide bonds. The van der Waals surface area contributed by atoms with Gasteiger partial charge in [-0.1, -0.05) is 5.16 Å². The van der Waals surface area contributed by atoms with Crippen molar-refractivity contribution in [2.45, 2.75) is 32.0 Å². The van der Waals surface area contributed by atoms with E-state index in [2.05, 4.69) is 10.3 Å². The van der Waals surface area contributed by atoms with E-state index >= 15 is 0 Å². The predicted octanol–water partition coefficient (Wildman–Crippen LogP) is 1.82. The third kappa shape index (κ3) is 2.74. The molecule has 0 spiro atoms. The molecule has 1 aliphatic rings. The molecule has 1 heterocycles. The highest BCUT2D eigenvalue weighted by Gasteiger charge is 2.44. The molecule has 3 N–H and O–H groups in total. The van der Waals surface area contributed by atoms with Crippen LogP contribution in [0, 0.1) is 5.41 Å². The summed E-state index contributed by atoms with van der Waals surface area (Å²) in [5.74, 6) is 0.0932. The summed E-state index contributed by atoms with van der Waals surface area (Å²) in [6, 6.07) is 0.944. The van der Waals surface area contributed by atoms with Crippen LogP contribution < -0.4 is 5.73 Å². The van der Waals surface area contributed by atoms with Gasteiger partial charge >= 0.3 is 6.18 Å². The number of aromatic nitrogens is 2. The van der Waals surface area contributed by atoms with Gasteiger partial charge in [0.1, 0.15) is 5.84 Å². The first-order valence-corrected chi connectivity index (χ1v) is 5.42. The summed E-state index contributed by atoms with van der Waals surface area (Å²) in [4.78, 5) is 0. The molecule has 0 bridgehead atoms. The molecular formula is C10H13F3N4O. The Kier molecular flexibility index (Phi) is 2.95. The van der Waals surface area contributed by atoms with Gasteiger partial charge in [0, 0.05) is 19.2 Å². The van der Waals surface area contributed by atoms with Crippen molar-refractivity contribution in [3.63, 3.8) is 0 Å². The summed E-state index contributed by atoms with van der Waals surface area (Å²) < 4.78 is 38.4. The van der Waals surface area contributed by atoms with E-state index in [-0.39, 0.29) is 11.3 Å². The van der Waals surface area contributed by atoms with Gasteiger partial charge in [-0.2, -0.15) is 18.3 Å². The lowest BCUT2D eigenvalue weighted by atomic mass is 10.0. The number of halogens is 3. The van der Waals surface area contributed by atoms with Crippen LogP contribution >= 0.6 is 0 Å². The van der Waals surface area contributed by atoms with Crippen LogP contribution in [0.25, 0.3) is 0 Å². The van der Waals surface area contributed by atoms with Crippen molar-refractivity contribution in [3.05, 3.63) is 18.0 Å². The number of amidine groups is 1. The fourth-order valence-electron chi connectivity index (χ4n) is 1.93. The largest absolute Gasteiger partial charge is 0.435 e. The van der Waals surface area contributed by atoms with Crippen molar-refractivity contribution in [2.24, 2.45) is 16.3 Å². The highest BCUT2D eigenvalue weighted by molar-refractivity contribution is 5.80. The average molecular weight is 262 g/mol. The van der Waals surface area contributed by atoms with Gasteiger partial charge in [0.05, 0.1) is 0 Å². The number of nitrogens with two attached hydrogens (primary N) is 1. The number of hydrogen-bond acceptors (Lipinski definition) is 3. The van der Waals surface area contributed by atoms with Crippen LogP contribution in [0.4, 0.5) is 13.2 Å². The van der Waals surface area contributed by atoms with Gasteiger partial charge in [0.15, 0.2) is 5.69 Å². The monoisotopic (exact) mass is 262 g/mol. The minimum atomic E-state index is -4.42. The SMILES string of the molecule is NC(CC1(Cn2ccc(C(F)(F)F)n2)CC1)=NO. The van der Waals surface area contributed by atoms with E-state index in [1.807, 2.05) is 0 Å². The number of hydrogen-bond donors (Lipinski definition) is 2. The van der Waals surface area contributed by atoms with Gasteiger partial charge in [-0.3, -0.25) is 4.68 Å². The molecule has 0 unspecified atom stereocenters. The Bertz CT molecular complexity index is 462. The number of nitrogens with zero attached hydrogens (tertiary/aromatic N) is 3. The first kappa shape index (κ1) is 12.7. The zero-order valence-electron chi connectivity index (χ0n) is 9.48. The minimum absolute atomic E-state index is 0.0932. The summed E-state index contributed by atoms with van der Waals surface area (Å²) in [6.45, 7) is 0.347. The second kappa shape index (κ2) is 4.18. The predicted molar refractivity (Wildman–Crippen MR) is 56.9 cm³/mol. The molecule has 1 saturated carbocycles. The summed E-state index contributed by atoms with van der Waals surface area (Å²) in [5.41, 5.74) is 4.30. The highest BCUT2D eigenvalue weighted by atomic mass is 19.4. The lowest BCUT2D eigenvalue weighted by molar-refractivity contribution is -0.141. The summed E-state index contributed by atoms with van der Waals surface area (Å²) >= 11 is 0. The summed E-state index contributed by atoms with van der Waals surface area (Å²) in [5, 5.41) is 14.9. The van der Waals surface area contributed by atoms with E-state index in [9.17, 15) is 13.2 Å². The highest BCUT2D eigenvalue weighted by Crippen LogP contribution is 2.50. The molecule has 100 valence electrons. The molecule has 0 aliphatic heterocycles. The molecule has 1 aromatic heterocycles. The second-order valence-corrected chi connectivity index (χ2v) is 4.66. The lowest BCUT2D eigenvalue weighted by Gasteiger charge is -2.14. The minimum Gasteiger partial charge on any atom is -0.409 e. The maximum atomic E-state index is 12.4. The van der Waals surface area contributed by atoms with Gasteiger partial charge in [0.25, 0.3) is 0 Å². The van der Waals surface area contributed by atoms with E-state index < -0.39 is 11.9 Å². The molecule has 1 aromatic rings. The maximum Gasteiger partial charge on any atom is 0.435 e. The van der Waals surface area contributed by atoms with Crippen molar-refractivity contribution >= 4 is 5.84 Å². The Morgan fingerprint density at radius 3 is 2.67 bits per heavy atom. The normalized spacial score (nSPS) is 18.9. The second-order valence-electron chi connectivity index (χ2n) is 4.66. The van der Waals surface area contributed by atoms with Crippen LogP contribution in [0.5, 0.6) is 0 Å². The summed E-state index contributed by atoms with van der Waals surface area (Å²) in [7, 11) is 0. The van der Waals surface area contributed by atoms with Gasteiger partial charge in [0.2, 0.25) is 0 Å². The lowest BCUT2D eigenvalue weighted by Crippen LogP contribution is -2.22. The van der Waals surface area contributed by atoms with E-state index in [4.69, 9.17) is 10.9 Å². The van der Waals surface area contributed by atoms with Crippen molar-refractivity contribution in [3.8, 4) is 0 Å².